The average molecular weight is 524 g/mol. The Morgan fingerprint density at radius 2 is 1.69 bits per heavy atom. The zero-order chi connectivity index (χ0) is 27.1. The molecule has 2 N–H and O–H groups in total. The third-order valence-corrected chi connectivity index (χ3v) is 7.15. The minimum absolute atomic E-state index is 0.0448. The lowest BCUT2D eigenvalue weighted by Gasteiger charge is -2.16. The number of benzene rings is 3. The smallest absolute Gasteiger partial charge is 0.314 e. The molecule has 0 bridgehead atoms. The molecule has 1 saturated carbocycles. The zero-order valence-corrected chi connectivity index (χ0v) is 20.9. The highest BCUT2D eigenvalue weighted by Gasteiger charge is 2.52. The first-order valence-electron chi connectivity index (χ1n) is 12.5. The minimum Gasteiger partial charge on any atom is -0.481 e. The van der Waals surface area contributed by atoms with Crippen LogP contribution in [0.3, 0.4) is 0 Å². The maximum atomic E-state index is 14.4. The molecule has 6 nitrogen and oxygen atoms in total. The van der Waals surface area contributed by atoms with Crippen LogP contribution in [0.4, 0.5) is 20.3 Å². The largest absolute Gasteiger partial charge is 0.481 e. The van der Waals surface area contributed by atoms with Gasteiger partial charge in [0.2, 0.25) is 0 Å². The molecular formula is C31H23F2N3O3. The highest BCUT2D eigenvalue weighted by Crippen LogP contribution is 2.50. The van der Waals surface area contributed by atoms with Crippen LogP contribution >= 0.6 is 0 Å². The molecule has 1 fully saturated rings. The minimum atomic E-state index is -0.972. The predicted molar refractivity (Wildman–Crippen MR) is 144 cm³/mol. The van der Waals surface area contributed by atoms with Crippen LogP contribution in [0.5, 0.6) is 0 Å². The van der Waals surface area contributed by atoms with E-state index in [-0.39, 0.29) is 11.3 Å². The Labute approximate surface area is 223 Å². The Balaban J connectivity index is 1.45. The molecule has 0 radical (unpaired) electrons. The highest BCUT2D eigenvalue weighted by molar-refractivity contribution is 5.91. The number of aromatic nitrogens is 2. The highest BCUT2D eigenvalue weighted by atomic mass is 19.2. The van der Waals surface area contributed by atoms with E-state index in [0.717, 1.165) is 17.2 Å². The molecule has 1 aliphatic rings. The SMILES string of the molecule is Cc1noc(-c2cc(C3(C(=O)O)CC3)ccc2-c2ccccc2)c1Nc1cccc(-c2cccc(F)c2F)n1. The van der Waals surface area contributed by atoms with Crippen molar-refractivity contribution in [1.29, 1.82) is 0 Å². The van der Waals surface area contributed by atoms with E-state index in [2.05, 4.69) is 15.5 Å². The second-order valence-electron chi connectivity index (χ2n) is 9.62. The topological polar surface area (TPSA) is 88.2 Å². The van der Waals surface area contributed by atoms with Crippen LogP contribution in [0.2, 0.25) is 0 Å². The fraction of sp³-hybridized carbons (Fsp3) is 0.129. The van der Waals surface area contributed by atoms with Crippen molar-refractivity contribution in [2.75, 3.05) is 5.32 Å². The Morgan fingerprint density at radius 3 is 2.44 bits per heavy atom. The molecule has 0 aliphatic heterocycles. The number of nitrogens with zero attached hydrogens (tertiary/aromatic N) is 2. The summed E-state index contributed by atoms with van der Waals surface area (Å²) in [4.78, 5) is 16.6. The number of carbonyl (C=O) groups is 1. The number of nitrogens with one attached hydrogen (secondary N) is 1. The lowest BCUT2D eigenvalue weighted by molar-refractivity contribution is -0.140. The second kappa shape index (κ2) is 9.47. The van der Waals surface area contributed by atoms with Crippen LogP contribution < -0.4 is 5.32 Å². The third kappa shape index (κ3) is 4.33. The molecule has 194 valence electrons. The van der Waals surface area contributed by atoms with Gasteiger partial charge >= 0.3 is 5.97 Å². The van der Waals surface area contributed by atoms with Crippen molar-refractivity contribution in [2.24, 2.45) is 0 Å². The van der Waals surface area contributed by atoms with E-state index in [9.17, 15) is 18.7 Å². The first-order chi connectivity index (χ1) is 18.9. The molecule has 0 unspecified atom stereocenters. The van der Waals surface area contributed by atoms with Crippen molar-refractivity contribution in [3.8, 4) is 33.7 Å². The quantitative estimate of drug-likeness (QED) is 0.229. The van der Waals surface area contributed by atoms with Crippen LogP contribution in [-0.4, -0.2) is 21.2 Å². The molecule has 1 aliphatic carbocycles. The Morgan fingerprint density at radius 1 is 0.923 bits per heavy atom. The summed E-state index contributed by atoms with van der Waals surface area (Å²) in [5.41, 5.74) is 3.65. The summed E-state index contributed by atoms with van der Waals surface area (Å²) < 4.78 is 34.1. The maximum Gasteiger partial charge on any atom is 0.314 e. The van der Waals surface area contributed by atoms with E-state index in [4.69, 9.17) is 4.52 Å². The molecule has 0 saturated heterocycles. The molecule has 0 atom stereocenters. The standard InChI is InChI=1S/C31H23F2N3O3/c1-18-28(35-26-12-6-11-25(34-26)22-9-5-10-24(32)27(22)33)29(39-36-18)23-17-20(31(15-16-31)30(37)38)13-14-21(23)19-7-3-2-4-8-19/h2-14,17H,15-16H2,1H3,(H,34,35)(H,37,38). The van der Waals surface area contributed by atoms with Gasteiger partial charge in [0.1, 0.15) is 17.2 Å². The summed E-state index contributed by atoms with van der Waals surface area (Å²) in [7, 11) is 0. The molecule has 5 aromatic rings. The monoisotopic (exact) mass is 523 g/mol. The number of aliphatic carboxylic acids is 1. The first kappa shape index (κ1) is 24.5. The number of carboxylic acid groups (broad SMARTS) is 1. The van der Waals surface area contributed by atoms with E-state index in [1.165, 1.54) is 12.1 Å². The fourth-order valence-electron chi connectivity index (χ4n) is 4.84. The van der Waals surface area contributed by atoms with Gasteiger partial charge in [0.25, 0.3) is 0 Å². The van der Waals surface area contributed by atoms with Gasteiger partial charge in [0.15, 0.2) is 17.4 Å². The van der Waals surface area contributed by atoms with Crippen LogP contribution in [0.1, 0.15) is 24.1 Å². The molecule has 0 amide bonds. The third-order valence-electron chi connectivity index (χ3n) is 7.15. The molecular weight excluding hydrogens is 500 g/mol. The molecule has 6 rings (SSSR count). The van der Waals surface area contributed by atoms with Gasteiger partial charge in [-0.3, -0.25) is 4.79 Å². The van der Waals surface area contributed by atoms with E-state index < -0.39 is 23.0 Å². The summed E-state index contributed by atoms with van der Waals surface area (Å²) in [6.45, 7) is 1.77. The van der Waals surface area contributed by atoms with Crippen molar-refractivity contribution in [3.63, 3.8) is 0 Å². The van der Waals surface area contributed by atoms with Crippen LogP contribution in [-0.2, 0) is 10.2 Å². The number of hydrogen-bond donors (Lipinski definition) is 2. The van der Waals surface area contributed by atoms with Crippen molar-refractivity contribution in [1.82, 2.24) is 10.1 Å². The van der Waals surface area contributed by atoms with Gasteiger partial charge in [-0.2, -0.15) is 0 Å². The Hall–Kier alpha value is -4.85. The predicted octanol–water partition coefficient (Wildman–Crippen LogP) is 7.52. The number of anilines is 2. The molecule has 39 heavy (non-hydrogen) atoms. The van der Waals surface area contributed by atoms with Crippen molar-refractivity contribution in [3.05, 3.63) is 108 Å². The van der Waals surface area contributed by atoms with Crippen LogP contribution in [0, 0.1) is 18.6 Å². The van der Waals surface area contributed by atoms with Gasteiger partial charge in [0.05, 0.1) is 11.1 Å². The second-order valence-corrected chi connectivity index (χ2v) is 9.62. The fourth-order valence-corrected chi connectivity index (χ4v) is 4.84. The summed E-state index contributed by atoms with van der Waals surface area (Å²) in [5, 5.41) is 17.3. The summed E-state index contributed by atoms with van der Waals surface area (Å²) in [6.07, 6.45) is 1.14. The van der Waals surface area contributed by atoms with E-state index >= 15 is 0 Å². The number of halogens is 2. The lowest BCUT2D eigenvalue weighted by atomic mass is 9.89. The molecule has 8 heteroatoms. The molecule has 2 aromatic heterocycles. The van der Waals surface area contributed by atoms with Crippen LogP contribution in [0.15, 0.2) is 89.5 Å². The Kier molecular flexibility index (Phi) is 5.95. The Bertz CT molecular complexity index is 1710. The van der Waals surface area contributed by atoms with Gasteiger partial charge in [-0.05, 0) is 66.8 Å². The van der Waals surface area contributed by atoms with Gasteiger partial charge in [0, 0.05) is 11.1 Å². The van der Waals surface area contributed by atoms with Crippen LogP contribution in [0.25, 0.3) is 33.7 Å². The first-order valence-corrected chi connectivity index (χ1v) is 12.5. The van der Waals surface area contributed by atoms with Gasteiger partial charge in [-0.15, -0.1) is 0 Å². The number of rotatable bonds is 7. The average Bonchev–Trinajstić information content (AvgIpc) is 3.70. The zero-order valence-electron chi connectivity index (χ0n) is 20.9. The molecule has 2 heterocycles. The van der Waals surface area contributed by atoms with E-state index in [1.807, 2.05) is 48.5 Å². The summed E-state index contributed by atoms with van der Waals surface area (Å²) >= 11 is 0. The van der Waals surface area contributed by atoms with Crippen molar-refractivity contribution < 1.29 is 23.2 Å². The number of aryl methyl sites for hydroxylation is 1. The summed E-state index contributed by atoms with van der Waals surface area (Å²) in [6, 6.07) is 24.3. The number of hydrogen-bond acceptors (Lipinski definition) is 5. The van der Waals surface area contributed by atoms with E-state index in [0.29, 0.717) is 46.9 Å². The molecule has 3 aromatic carbocycles. The van der Waals surface area contributed by atoms with Gasteiger partial charge in [-0.25, -0.2) is 13.8 Å². The van der Waals surface area contributed by atoms with Gasteiger partial charge in [-0.1, -0.05) is 59.8 Å². The summed E-state index contributed by atoms with van der Waals surface area (Å²) in [5.74, 6) is -1.98. The number of carboxylic acids is 1. The number of pyridine rings is 1. The maximum absolute atomic E-state index is 14.4. The van der Waals surface area contributed by atoms with Crippen molar-refractivity contribution in [2.45, 2.75) is 25.2 Å². The lowest BCUT2D eigenvalue weighted by Crippen LogP contribution is -2.19. The van der Waals surface area contributed by atoms with E-state index in [1.54, 1.807) is 25.1 Å². The molecule has 0 spiro atoms. The normalized spacial score (nSPS) is 13.7. The van der Waals surface area contributed by atoms with Gasteiger partial charge < -0.3 is 14.9 Å². The van der Waals surface area contributed by atoms with Crippen molar-refractivity contribution >= 4 is 17.5 Å².